The number of anilines is 1. The first-order valence-corrected chi connectivity index (χ1v) is 9.51. The van der Waals surface area contributed by atoms with Crippen LogP contribution in [0.25, 0.3) is 0 Å². The Kier molecular flexibility index (Phi) is 6.61. The zero-order chi connectivity index (χ0) is 18.6. The summed E-state index contributed by atoms with van der Waals surface area (Å²) in [6, 6.07) is 8.35. The largest absolute Gasteiger partial charge is 0.491 e. The Bertz CT molecular complexity index is 773. The smallest absolute Gasteiger partial charge is 0.262 e. The summed E-state index contributed by atoms with van der Waals surface area (Å²) in [5.74, 6) is 0.218. The van der Waals surface area contributed by atoms with E-state index in [0.29, 0.717) is 10.6 Å². The van der Waals surface area contributed by atoms with Gasteiger partial charge in [0.1, 0.15) is 11.8 Å². The molecule has 5 nitrogen and oxygen atoms in total. The maximum Gasteiger partial charge on any atom is 0.262 e. The number of ether oxygens (including phenoxy) is 1. The number of benzene rings is 1. The van der Waals surface area contributed by atoms with Crippen LogP contribution < -0.4 is 15.4 Å². The molecule has 0 aliphatic rings. The second-order valence-electron chi connectivity index (χ2n) is 5.93. The number of thiophene rings is 1. The van der Waals surface area contributed by atoms with Gasteiger partial charge in [-0.15, -0.1) is 11.3 Å². The normalized spacial score (nSPS) is 11.9. The maximum absolute atomic E-state index is 12.3. The van der Waals surface area contributed by atoms with Gasteiger partial charge in [0.2, 0.25) is 5.91 Å². The van der Waals surface area contributed by atoms with E-state index in [1.54, 1.807) is 25.1 Å². The SMILES string of the molecule is Cc1cc(OC(C)C)ccc1NC(=O)C(C)NC(=O)c1ccc(Br)s1. The van der Waals surface area contributed by atoms with E-state index in [4.69, 9.17) is 4.74 Å². The van der Waals surface area contributed by atoms with Crippen LogP contribution in [0.2, 0.25) is 0 Å². The molecule has 1 aromatic heterocycles. The Balaban J connectivity index is 1.97. The third kappa shape index (κ3) is 5.57. The molecular formula is C18H21BrN2O3S. The van der Waals surface area contributed by atoms with Crippen LogP contribution in [-0.2, 0) is 4.79 Å². The molecule has 1 heterocycles. The van der Waals surface area contributed by atoms with E-state index in [9.17, 15) is 9.59 Å². The Labute approximate surface area is 159 Å². The summed E-state index contributed by atoms with van der Waals surface area (Å²) in [7, 11) is 0. The minimum absolute atomic E-state index is 0.0902. The van der Waals surface area contributed by atoms with E-state index in [1.165, 1.54) is 11.3 Å². The van der Waals surface area contributed by atoms with Crippen molar-refractivity contribution >= 4 is 44.8 Å². The summed E-state index contributed by atoms with van der Waals surface area (Å²) in [4.78, 5) is 25.0. The van der Waals surface area contributed by atoms with E-state index in [2.05, 4.69) is 26.6 Å². The highest BCUT2D eigenvalue weighted by molar-refractivity contribution is 9.11. The first-order valence-electron chi connectivity index (χ1n) is 7.90. The summed E-state index contributed by atoms with van der Waals surface area (Å²) in [5, 5.41) is 5.54. The van der Waals surface area contributed by atoms with Crippen LogP contribution in [0, 0.1) is 6.92 Å². The Morgan fingerprint density at radius 3 is 2.44 bits per heavy atom. The van der Waals surface area contributed by atoms with Crippen molar-refractivity contribution in [3.05, 3.63) is 44.6 Å². The summed E-state index contributed by atoms with van der Waals surface area (Å²) in [5.41, 5.74) is 1.59. The summed E-state index contributed by atoms with van der Waals surface area (Å²) in [6.07, 6.45) is 0.0902. The molecule has 1 aromatic carbocycles. The lowest BCUT2D eigenvalue weighted by Gasteiger charge is -2.16. The third-order valence-electron chi connectivity index (χ3n) is 3.37. The quantitative estimate of drug-likeness (QED) is 0.723. The molecule has 2 amide bonds. The number of rotatable bonds is 6. The highest BCUT2D eigenvalue weighted by Gasteiger charge is 2.18. The fourth-order valence-electron chi connectivity index (χ4n) is 2.13. The summed E-state index contributed by atoms with van der Waals surface area (Å²) < 4.78 is 6.50. The maximum atomic E-state index is 12.3. The van der Waals surface area contributed by atoms with Crippen molar-refractivity contribution in [2.24, 2.45) is 0 Å². The fraction of sp³-hybridized carbons (Fsp3) is 0.333. The van der Waals surface area contributed by atoms with Gasteiger partial charge >= 0.3 is 0 Å². The molecule has 7 heteroatoms. The van der Waals surface area contributed by atoms with Gasteiger partial charge in [0.15, 0.2) is 0 Å². The molecule has 1 unspecified atom stereocenters. The van der Waals surface area contributed by atoms with Crippen LogP contribution >= 0.6 is 27.3 Å². The van der Waals surface area contributed by atoms with Crippen molar-refractivity contribution in [2.75, 3.05) is 5.32 Å². The molecule has 0 saturated carbocycles. The molecule has 0 fully saturated rings. The van der Waals surface area contributed by atoms with Gasteiger partial charge in [-0.05, 0) is 79.5 Å². The molecule has 1 atom stereocenters. The van der Waals surface area contributed by atoms with E-state index in [1.807, 2.05) is 32.9 Å². The van der Waals surface area contributed by atoms with Gasteiger partial charge in [-0.1, -0.05) is 0 Å². The van der Waals surface area contributed by atoms with E-state index in [-0.39, 0.29) is 17.9 Å². The first-order chi connectivity index (χ1) is 11.8. The van der Waals surface area contributed by atoms with Crippen molar-refractivity contribution in [3.63, 3.8) is 0 Å². The van der Waals surface area contributed by atoms with Gasteiger partial charge in [0.25, 0.3) is 5.91 Å². The standard InChI is InChI=1S/C18H21BrN2O3S/c1-10(2)24-13-5-6-14(11(3)9-13)21-17(22)12(4)20-18(23)15-7-8-16(19)25-15/h5-10,12H,1-4H3,(H,20,23)(H,21,22). The minimum atomic E-state index is -0.653. The Morgan fingerprint density at radius 1 is 1.16 bits per heavy atom. The first kappa shape index (κ1) is 19.5. The second-order valence-corrected chi connectivity index (χ2v) is 8.39. The number of aryl methyl sites for hydroxylation is 1. The molecule has 2 N–H and O–H groups in total. The lowest BCUT2D eigenvalue weighted by atomic mass is 10.1. The van der Waals surface area contributed by atoms with Crippen LogP contribution in [0.15, 0.2) is 34.1 Å². The molecule has 0 saturated heterocycles. The molecule has 0 radical (unpaired) electrons. The number of hydrogen-bond donors (Lipinski definition) is 2. The van der Waals surface area contributed by atoms with Gasteiger partial charge in [0, 0.05) is 5.69 Å². The molecule has 0 aliphatic carbocycles. The predicted octanol–water partition coefficient (Wildman–Crippen LogP) is 4.36. The van der Waals surface area contributed by atoms with E-state index < -0.39 is 6.04 Å². The molecule has 0 spiro atoms. The van der Waals surface area contributed by atoms with Crippen molar-refractivity contribution in [2.45, 2.75) is 39.8 Å². The zero-order valence-corrected chi connectivity index (χ0v) is 17.0. The van der Waals surface area contributed by atoms with Gasteiger partial charge in [-0.25, -0.2) is 0 Å². The number of carbonyl (C=O) groups excluding carboxylic acids is 2. The van der Waals surface area contributed by atoms with Crippen molar-refractivity contribution in [3.8, 4) is 5.75 Å². The van der Waals surface area contributed by atoms with Crippen LogP contribution in [0.4, 0.5) is 5.69 Å². The van der Waals surface area contributed by atoms with Gasteiger partial charge in [-0.2, -0.15) is 0 Å². The van der Waals surface area contributed by atoms with Crippen LogP contribution in [-0.4, -0.2) is 24.0 Å². The Morgan fingerprint density at radius 2 is 1.88 bits per heavy atom. The van der Waals surface area contributed by atoms with Crippen LogP contribution in [0.1, 0.15) is 36.0 Å². The monoisotopic (exact) mass is 424 g/mol. The topological polar surface area (TPSA) is 67.4 Å². The fourth-order valence-corrected chi connectivity index (χ4v) is 3.42. The molecule has 25 heavy (non-hydrogen) atoms. The molecule has 2 rings (SSSR count). The molecule has 0 aliphatic heterocycles. The summed E-state index contributed by atoms with van der Waals surface area (Å²) >= 11 is 4.64. The molecule has 2 aromatic rings. The highest BCUT2D eigenvalue weighted by atomic mass is 79.9. The third-order valence-corrected chi connectivity index (χ3v) is 4.99. The predicted molar refractivity (Wildman–Crippen MR) is 105 cm³/mol. The number of nitrogens with one attached hydrogen (secondary N) is 2. The van der Waals surface area contributed by atoms with E-state index in [0.717, 1.165) is 15.1 Å². The van der Waals surface area contributed by atoms with Crippen molar-refractivity contribution in [1.82, 2.24) is 5.32 Å². The van der Waals surface area contributed by atoms with Gasteiger partial charge in [0.05, 0.1) is 14.8 Å². The average molecular weight is 425 g/mol. The van der Waals surface area contributed by atoms with E-state index >= 15 is 0 Å². The Hall–Kier alpha value is -1.86. The lowest BCUT2D eigenvalue weighted by Crippen LogP contribution is -2.41. The lowest BCUT2D eigenvalue weighted by molar-refractivity contribution is -0.117. The second kappa shape index (κ2) is 8.49. The van der Waals surface area contributed by atoms with Crippen LogP contribution in [0.5, 0.6) is 5.75 Å². The number of amides is 2. The molecular weight excluding hydrogens is 404 g/mol. The average Bonchev–Trinajstić information content (AvgIpc) is 2.96. The highest BCUT2D eigenvalue weighted by Crippen LogP contribution is 2.23. The zero-order valence-electron chi connectivity index (χ0n) is 14.6. The van der Waals surface area contributed by atoms with Gasteiger partial charge < -0.3 is 15.4 Å². The van der Waals surface area contributed by atoms with Crippen molar-refractivity contribution in [1.29, 1.82) is 0 Å². The van der Waals surface area contributed by atoms with Crippen molar-refractivity contribution < 1.29 is 14.3 Å². The molecule has 0 bridgehead atoms. The minimum Gasteiger partial charge on any atom is -0.491 e. The number of halogens is 1. The molecule has 134 valence electrons. The number of carbonyl (C=O) groups is 2. The summed E-state index contributed by atoms with van der Waals surface area (Å²) in [6.45, 7) is 7.47. The van der Waals surface area contributed by atoms with Crippen LogP contribution in [0.3, 0.4) is 0 Å². The van der Waals surface area contributed by atoms with Gasteiger partial charge in [-0.3, -0.25) is 9.59 Å². The number of hydrogen-bond acceptors (Lipinski definition) is 4.